The van der Waals surface area contributed by atoms with Crippen LogP contribution in [0.3, 0.4) is 0 Å². The molecule has 0 unspecified atom stereocenters. The van der Waals surface area contributed by atoms with Gasteiger partial charge in [0.15, 0.2) is 24.1 Å². The molecule has 12 heteroatoms. The highest BCUT2D eigenvalue weighted by atomic mass is 16.6. The largest absolute Gasteiger partial charge is 0.458 e. The molecule has 2 rings (SSSR count). The number of aliphatic hydroxyl groups excluding tert-OH is 1. The number of hydrogen-bond acceptors (Lipinski definition) is 12. The van der Waals surface area contributed by atoms with Crippen LogP contribution in [0.15, 0.2) is 47.6 Å². The SMILES string of the molecule is C=C1[C@H](O)[C@H]2[C@@H](OC(=O)/C(C)=C\C)[C@@H](C)C[C@]2(O)C(=O)[C@](C)(O)/C=C\C(C)(C)[C@H](OC(C)=O)[C@H](OC(C)=O)[C@H]1OC(=O)/C(C)=C\C. The lowest BCUT2D eigenvalue weighted by Crippen LogP contribution is -2.60. The first-order valence-corrected chi connectivity index (χ1v) is 15.1. The fourth-order valence-corrected chi connectivity index (χ4v) is 5.94. The predicted octanol–water partition coefficient (Wildman–Crippen LogP) is 2.83. The number of carbonyl (C=O) groups is 5. The Balaban J connectivity index is 3.01. The second-order valence-corrected chi connectivity index (χ2v) is 13.0. The van der Waals surface area contributed by atoms with E-state index in [1.807, 2.05) is 0 Å². The number of hydrogen-bond donors (Lipinski definition) is 3. The van der Waals surface area contributed by atoms with Gasteiger partial charge in [0, 0.05) is 30.4 Å². The molecule has 9 atom stereocenters. The summed E-state index contributed by atoms with van der Waals surface area (Å²) in [6.45, 7) is 18.2. The van der Waals surface area contributed by atoms with E-state index in [0.717, 1.165) is 26.8 Å². The van der Waals surface area contributed by atoms with Gasteiger partial charge in [-0.05, 0) is 58.6 Å². The molecule has 0 aliphatic heterocycles. The molecule has 0 radical (unpaired) electrons. The zero-order chi connectivity index (χ0) is 35.5. The van der Waals surface area contributed by atoms with Crippen LogP contribution in [-0.2, 0) is 42.9 Å². The first kappa shape index (κ1) is 38.6. The quantitative estimate of drug-likeness (QED) is 0.166. The number of ketones is 1. The van der Waals surface area contributed by atoms with Crippen LogP contribution in [0.5, 0.6) is 0 Å². The van der Waals surface area contributed by atoms with Gasteiger partial charge in [-0.1, -0.05) is 45.6 Å². The van der Waals surface area contributed by atoms with Gasteiger partial charge in [0.1, 0.15) is 17.3 Å². The monoisotopic (exact) mass is 648 g/mol. The summed E-state index contributed by atoms with van der Waals surface area (Å²) in [5.41, 5.74) is -6.17. The van der Waals surface area contributed by atoms with Crippen molar-refractivity contribution in [1.29, 1.82) is 0 Å². The molecule has 0 aromatic heterocycles. The van der Waals surface area contributed by atoms with Crippen LogP contribution in [0.2, 0.25) is 0 Å². The Kier molecular flexibility index (Phi) is 12.1. The van der Waals surface area contributed by atoms with E-state index in [-0.39, 0.29) is 23.1 Å². The average Bonchev–Trinajstić information content (AvgIpc) is 3.22. The zero-order valence-corrected chi connectivity index (χ0v) is 28.3. The molecular formula is C34H48O12. The van der Waals surface area contributed by atoms with E-state index in [1.165, 1.54) is 32.1 Å². The lowest BCUT2D eigenvalue weighted by atomic mass is 9.71. The molecule has 0 saturated heterocycles. The fraction of sp³-hybridized carbons (Fsp3) is 0.618. The summed E-state index contributed by atoms with van der Waals surface area (Å²) in [6.07, 6.45) is -2.95. The minimum absolute atomic E-state index is 0.143. The fourth-order valence-electron chi connectivity index (χ4n) is 5.94. The third-order valence-electron chi connectivity index (χ3n) is 8.79. The molecule has 3 N–H and O–H groups in total. The molecule has 0 spiro atoms. The van der Waals surface area contributed by atoms with Crippen LogP contribution in [0.25, 0.3) is 0 Å². The third-order valence-corrected chi connectivity index (χ3v) is 8.79. The van der Waals surface area contributed by atoms with Crippen molar-refractivity contribution >= 4 is 29.7 Å². The van der Waals surface area contributed by atoms with Crippen molar-refractivity contribution < 1.29 is 58.2 Å². The van der Waals surface area contributed by atoms with Gasteiger partial charge in [0.05, 0.1) is 12.0 Å². The second kappa shape index (κ2) is 14.4. The molecule has 2 aliphatic rings. The lowest BCUT2D eigenvalue weighted by Gasteiger charge is -2.44. The van der Waals surface area contributed by atoms with Crippen LogP contribution < -0.4 is 0 Å². The first-order chi connectivity index (χ1) is 21.0. The molecule has 0 aromatic rings. The van der Waals surface area contributed by atoms with Gasteiger partial charge in [-0.2, -0.15) is 0 Å². The minimum atomic E-state index is -2.49. The summed E-state index contributed by atoms with van der Waals surface area (Å²) in [6, 6.07) is 0. The predicted molar refractivity (Wildman–Crippen MR) is 166 cm³/mol. The van der Waals surface area contributed by atoms with Gasteiger partial charge in [-0.15, -0.1) is 0 Å². The topological polar surface area (TPSA) is 183 Å². The molecule has 2 aliphatic carbocycles. The van der Waals surface area contributed by atoms with E-state index < -0.39 is 88.6 Å². The number of aliphatic hydroxyl groups is 3. The Morgan fingerprint density at radius 1 is 0.848 bits per heavy atom. The molecule has 1 fully saturated rings. The Morgan fingerprint density at radius 2 is 1.35 bits per heavy atom. The van der Waals surface area contributed by atoms with Gasteiger partial charge in [0.25, 0.3) is 0 Å². The Morgan fingerprint density at radius 3 is 1.83 bits per heavy atom. The number of rotatable bonds is 6. The number of Topliss-reactive ketones (excluding diaryl/α,β-unsaturated/α-hetero) is 1. The zero-order valence-electron chi connectivity index (χ0n) is 28.3. The van der Waals surface area contributed by atoms with E-state index in [4.69, 9.17) is 18.9 Å². The summed E-state index contributed by atoms with van der Waals surface area (Å²) in [7, 11) is 0. The maximum Gasteiger partial charge on any atom is 0.334 e. The molecule has 0 amide bonds. The van der Waals surface area contributed by atoms with Crippen molar-refractivity contribution in [3.05, 3.63) is 47.6 Å². The summed E-state index contributed by atoms with van der Waals surface area (Å²) < 4.78 is 22.9. The van der Waals surface area contributed by atoms with E-state index in [9.17, 15) is 39.3 Å². The maximum absolute atomic E-state index is 14.1. The smallest absolute Gasteiger partial charge is 0.334 e. The second-order valence-electron chi connectivity index (χ2n) is 13.0. The van der Waals surface area contributed by atoms with Crippen LogP contribution in [0.4, 0.5) is 0 Å². The molecule has 1 saturated carbocycles. The van der Waals surface area contributed by atoms with Crippen LogP contribution in [0, 0.1) is 17.3 Å². The normalized spacial score (nSPS) is 36.0. The van der Waals surface area contributed by atoms with E-state index >= 15 is 0 Å². The average molecular weight is 649 g/mol. The van der Waals surface area contributed by atoms with Gasteiger partial charge in [-0.25, -0.2) is 9.59 Å². The van der Waals surface area contributed by atoms with Crippen LogP contribution in [-0.4, -0.2) is 86.7 Å². The van der Waals surface area contributed by atoms with Crippen molar-refractivity contribution in [3.8, 4) is 0 Å². The van der Waals surface area contributed by atoms with Crippen LogP contribution in [0.1, 0.15) is 75.7 Å². The first-order valence-electron chi connectivity index (χ1n) is 15.1. The molecule has 0 aromatic carbocycles. The molecule has 0 bridgehead atoms. The molecular weight excluding hydrogens is 600 g/mol. The van der Waals surface area contributed by atoms with Gasteiger partial charge < -0.3 is 34.3 Å². The highest BCUT2D eigenvalue weighted by Gasteiger charge is 2.64. The molecule has 46 heavy (non-hydrogen) atoms. The van der Waals surface area contributed by atoms with Crippen LogP contribution >= 0.6 is 0 Å². The van der Waals surface area contributed by atoms with Crippen molar-refractivity contribution in [2.24, 2.45) is 17.3 Å². The number of carbonyl (C=O) groups excluding carboxylic acids is 5. The van der Waals surface area contributed by atoms with Crippen molar-refractivity contribution in [2.75, 3.05) is 0 Å². The number of esters is 4. The minimum Gasteiger partial charge on any atom is -0.458 e. The van der Waals surface area contributed by atoms with Gasteiger partial charge in [0.2, 0.25) is 0 Å². The standard InChI is InChI=1S/C34H48O12/c1-12-17(3)29(38)45-25-19(5)16-34(42)23(25)24(37)20(6)26(46-30(39)18(4)13-2)27(43-21(7)35)28(44-22(8)36)32(9,10)14-15-33(11,41)31(34)40/h12-15,19,23-28,37,41-42H,6,16H2,1-5,7-11H3/b15-14-,17-12-,18-13-/t19-,23-,24-,25-,26-,27+,28+,33+,34+/m0/s1. The van der Waals surface area contributed by atoms with E-state index in [2.05, 4.69) is 6.58 Å². The Labute approximate surface area is 270 Å². The third kappa shape index (κ3) is 8.02. The van der Waals surface area contributed by atoms with Crippen molar-refractivity contribution in [1.82, 2.24) is 0 Å². The molecule has 256 valence electrons. The molecule has 12 nitrogen and oxygen atoms in total. The Hall–Kier alpha value is -3.61. The highest BCUT2D eigenvalue weighted by Crippen LogP contribution is 2.49. The maximum atomic E-state index is 14.1. The van der Waals surface area contributed by atoms with Crippen molar-refractivity contribution in [3.63, 3.8) is 0 Å². The summed E-state index contributed by atoms with van der Waals surface area (Å²) in [4.78, 5) is 65.1. The van der Waals surface area contributed by atoms with Gasteiger partial charge in [-0.3, -0.25) is 14.4 Å². The summed E-state index contributed by atoms with van der Waals surface area (Å²) >= 11 is 0. The highest BCUT2D eigenvalue weighted by molar-refractivity contribution is 5.97. The number of ether oxygens (including phenoxy) is 4. The van der Waals surface area contributed by atoms with Gasteiger partial charge >= 0.3 is 23.9 Å². The van der Waals surface area contributed by atoms with E-state index in [0.29, 0.717) is 0 Å². The summed E-state index contributed by atoms with van der Waals surface area (Å²) in [5.74, 6) is -6.78. The Bertz CT molecular complexity index is 1340. The summed E-state index contributed by atoms with van der Waals surface area (Å²) in [5, 5.41) is 35.6. The van der Waals surface area contributed by atoms with E-state index in [1.54, 1.807) is 34.6 Å². The lowest BCUT2D eigenvalue weighted by molar-refractivity contribution is -0.190. The van der Waals surface area contributed by atoms with Crippen molar-refractivity contribution in [2.45, 2.75) is 117 Å². The number of allylic oxidation sites excluding steroid dienone is 2. The molecule has 0 heterocycles. The number of fused-ring (bicyclic) bond motifs is 1.